The van der Waals surface area contributed by atoms with Crippen molar-refractivity contribution in [1.82, 2.24) is 20.2 Å². The van der Waals surface area contributed by atoms with Crippen LogP contribution in [-0.2, 0) is 4.79 Å². The van der Waals surface area contributed by atoms with Crippen LogP contribution in [0.4, 0.5) is 5.95 Å². The average Bonchev–Trinajstić information content (AvgIpc) is 2.56. The molecule has 114 valence electrons. The molecule has 0 bridgehead atoms. The van der Waals surface area contributed by atoms with Crippen molar-refractivity contribution in [2.75, 3.05) is 37.6 Å². The maximum Gasteiger partial charge on any atom is 0.242 e. The molecule has 2 saturated heterocycles. The molecule has 6 heteroatoms. The number of hydrogen-bond donors (Lipinski definition) is 1. The first-order valence-corrected chi connectivity index (χ1v) is 7.75. The summed E-state index contributed by atoms with van der Waals surface area (Å²) < 4.78 is 0. The number of nitrogens with zero attached hydrogens (tertiary/aromatic N) is 4. The number of carbonyl (C=O) groups is 1. The summed E-state index contributed by atoms with van der Waals surface area (Å²) in [7, 11) is 0. The molecule has 1 N–H and O–H groups in total. The lowest BCUT2D eigenvalue weighted by atomic mass is 9.89. The number of piperidine rings is 1. The summed E-state index contributed by atoms with van der Waals surface area (Å²) in [6.45, 7) is 6.07. The smallest absolute Gasteiger partial charge is 0.242 e. The van der Waals surface area contributed by atoms with Crippen molar-refractivity contribution in [3.8, 4) is 0 Å². The molecular weight excluding hydrogens is 266 g/mol. The van der Waals surface area contributed by atoms with Gasteiger partial charge in [-0.2, -0.15) is 0 Å². The minimum absolute atomic E-state index is 0.246. The van der Waals surface area contributed by atoms with E-state index in [1.54, 1.807) is 12.4 Å². The van der Waals surface area contributed by atoms with Crippen molar-refractivity contribution in [2.24, 2.45) is 0 Å². The topological polar surface area (TPSA) is 61.4 Å². The van der Waals surface area contributed by atoms with Gasteiger partial charge < -0.3 is 15.1 Å². The molecule has 3 rings (SSSR count). The largest absolute Gasteiger partial charge is 0.338 e. The Labute approximate surface area is 125 Å². The van der Waals surface area contributed by atoms with Gasteiger partial charge in [0, 0.05) is 38.6 Å². The molecule has 1 aromatic rings. The zero-order chi connectivity index (χ0) is 14.7. The number of rotatable bonds is 2. The van der Waals surface area contributed by atoms with Crippen molar-refractivity contribution in [3.05, 3.63) is 18.5 Å². The molecule has 1 atom stereocenters. The number of piperazine rings is 1. The number of carbonyl (C=O) groups excluding carboxylic acids is 1. The molecule has 21 heavy (non-hydrogen) atoms. The zero-order valence-electron chi connectivity index (χ0n) is 12.6. The van der Waals surface area contributed by atoms with Gasteiger partial charge in [0.05, 0.1) is 5.54 Å². The highest BCUT2D eigenvalue weighted by Crippen LogP contribution is 2.22. The molecule has 0 aliphatic carbocycles. The molecule has 0 spiro atoms. The predicted molar refractivity (Wildman–Crippen MR) is 81.1 cm³/mol. The Balaban J connectivity index is 1.59. The Kier molecular flexibility index (Phi) is 4.05. The molecule has 0 saturated carbocycles. The first-order chi connectivity index (χ1) is 10.2. The molecule has 1 unspecified atom stereocenters. The minimum atomic E-state index is -0.371. The van der Waals surface area contributed by atoms with Gasteiger partial charge in [-0.1, -0.05) is 0 Å². The first kappa shape index (κ1) is 14.3. The molecule has 0 aromatic carbocycles. The lowest BCUT2D eigenvalue weighted by Crippen LogP contribution is -2.61. The summed E-state index contributed by atoms with van der Waals surface area (Å²) in [5, 5.41) is 3.41. The molecule has 0 radical (unpaired) electrons. The van der Waals surface area contributed by atoms with Crippen LogP contribution < -0.4 is 10.2 Å². The fourth-order valence-electron chi connectivity index (χ4n) is 3.15. The van der Waals surface area contributed by atoms with E-state index in [2.05, 4.69) is 20.2 Å². The SMILES string of the molecule is CC1(C(=O)N2CCN(c3ncccn3)CC2)CCCCN1. The highest BCUT2D eigenvalue weighted by atomic mass is 16.2. The molecule has 1 amide bonds. The maximum absolute atomic E-state index is 12.7. The van der Waals surface area contributed by atoms with E-state index in [1.165, 1.54) is 6.42 Å². The van der Waals surface area contributed by atoms with Crippen LogP contribution in [0.3, 0.4) is 0 Å². The quantitative estimate of drug-likeness (QED) is 0.866. The van der Waals surface area contributed by atoms with Gasteiger partial charge in [0.15, 0.2) is 0 Å². The van der Waals surface area contributed by atoms with Crippen LogP contribution in [-0.4, -0.2) is 59.0 Å². The lowest BCUT2D eigenvalue weighted by molar-refractivity contribution is -0.139. The van der Waals surface area contributed by atoms with E-state index in [0.717, 1.165) is 51.5 Å². The van der Waals surface area contributed by atoms with Crippen LogP contribution in [0, 0.1) is 0 Å². The summed E-state index contributed by atoms with van der Waals surface area (Å²) in [5.74, 6) is 1.00. The fourth-order valence-corrected chi connectivity index (χ4v) is 3.15. The summed E-state index contributed by atoms with van der Waals surface area (Å²) in [6, 6.07) is 1.82. The van der Waals surface area contributed by atoms with Gasteiger partial charge in [-0.25, -0.2) is 9.97 Å². The third-order valence-corrected chi connectivity index (χ3v) is 4.49. The highest BCUT2D eigenvalue weighted by molar-refractivity contribution is 5.86. The Morgan fingerprint density at radius 1 is 1.19 bits per heavy atom. The second kappa shape index (κ2) is 5.97. The molecule has 2 fully saturated rings. The zero-order valence-corrected chi connectivity index (χ0v) is 12.6. The number of aromatic nitrogens is 2. The first-order valence-electron chi connectivity index (χ1n) is 7.75. The van der Waals surface area contributed by atoms with Crippen molar-refractivity contribution >= 4 is 11.9 Å². The summed E-state index contributed by atoms with van der Waals surface area (Å²) >= 11 is 0. The number of anilines is 1. The van der Waals surface area contributed by atoms with E-state index < -0.39 is 0 Å². The molecule has 1 aromatic heterocycles. The molecule has 3 heterocycles. The van der Waals surface area contributed by atoms with E-state index in [9.17, 15) is 4.79 Å². The Morgan fingerprint density at radius 3 is 2.52 bits per heavy atom. The fraction of sp³-hybridized carbons (Fsp3) is 0.667. The van der Waals surface area contributed by atoms with Crippen molar-refractivity contribution in [3.63, 3.8) is 0 Å². The van der Waals surface area contributed by atoms with E-state index in [1.807, 2.05) is 17.9 Å². The maximum atomic E-state index is 12.7. The van der Waals surface area contributed by atoms with Crippen LogP contribution >= 0.6 is 0 Å². The van der Waals surface area contributed by atoms with Crippen LogP contribution in [0.2, 0.25) is 0 Å². The molecular formula is C15H23N5O. The van der Waals surface area contributed by atoms with Crippen LogP contribution in [0.1, 0.15) is 26.2 Å². The Morgan fingerprint density at radius 2 is 1.90 bits per heavy atom. The molecule has 6 nitrogen and oxygen atoms in total. The summed E-state index contributed by atoms with van der Waals surface area (Å²) in [6.07, 6.45) is 6.75. The van der Waals surface area contributed by atoms with Crippen LogP contribution in [0.5, 0.6) is 0 Å². The monoisotopic (exact) mass is 289 g/mol. The number of nitrogens with one attached hydrogen (secondary N) is 1. The highest BCUT2D eigenvalue weighted by Gasteiger charge is 2.38. The molecule has 2 aliphatic rings. The minimum Gasteiger partial charge on any atom is -0.338 e. The Hall–Kier alpha value is -1.69. The standard InChI is InChI=1S/C15H23N5O/c1-15(5-2-3-8-18-15)13(21)19-9-11-20(12-10-19)14-16-6-4-7-17-14/h4,6-7,18H,2-3,5,8-12H2,1H3. The average molecular weight is 289 g/mol. The van der Waals surface area contributed by atoms with Gasteiger partial charge in [0.1, 0.15) is 0 Å². The number of amides is 1. The van der Waals surface area contributed by atoms with E-state index in [-0.39, 0.29) is 11.4 Å². The van der Waals surface area contributed by atoms with Gasteiger partial charge in [-0.15, -0.1) is 0 Å². The van der Waals surface area contributed by atoms with Crippen molar-refractivity contribution in [2.45, 2.75) is 31.7 Å². The lowest BCUT2D eigenvalue weighted by Gasteiger charge is -2.41. The van der Waals surface area contributed by atoms with Crippen molar-refractivity contribution < 1.29 is 4.79 Å². The second-order valence-corrected chi connectivity index (χ2v) is 6.04. The van der Waals surface area contributed by atoms with E-state index >= 15 is 0 Å². The van der Waals surface area contributed by atoms with Gasteiger partial charge in [0.2, 0.25) is 11.9 Å². The van der Waals surface area contributed by atoms with Gasteiger partial charge in [0.25, 0.3) is 0 Å². The van der Waals surface area contributed by atoms with Gasteiger partial charge >= 0.3 is 0 Å². The van der Waals surface area contributed by atoms with Gasteiger partial charge in [-0.3, -0.25) is 4.79 Å². The van der Waals surface area contributed by atoms with E-state index in [4.69, 9.17) is 0 Å². The third kappa shape index (κ3) is 3.00. The van der Waals surface area contributed by atoms with Gasteiger partial charge in [-0.05, 0) is 38.8 Å². The molecule has 2 aliphatic heterocycles. The number of hydrogen-bond acceptors (Lipinski definition) is 5. The van der Waals surface area contributed by atoms with Crippen LogP contribution in [0.25, 0.3) is 0 Å². The third-order valence-electron chi connectivity index (χ3n) is 4.49. The second-order valence-electron chi connectivity index (χ2n) is 6.04. The normalized spacial score (nSPS) is 26.7. The predicted octanol–water partition coefficient (Wildman–Crippen LogP) is 0.657. The van der Waals surface area contributed by atoms with E-state index in [0.29, 0.717) is 0 Å². The summed E-state index contributed by atoms with van der Waals surface area (Å²) in [4.78, 5) is 25.4. The summed E-state index contributed by atoms with van der Waals surface area (Å²) in [5.41, 5.74) is -0.371. The Bertz CT molecular complexity index is 478. The van der Waals surface area contributed by atoms with Crippen LogP contribution in [0.15, 0.2) is 18.5 Å². The van der Waals surface area contributed by atoms with Crippen molar-refractivity contribution in [1.29, 1.82) is 0 Å².